The number of nitrogens with one attached hydrogen (secondary N) is 1. The third kappa shape index (κ3) is 2.82. The van der Waals surface area contributed by atoms with Gasteiger partial charge in [-0.2, -0.15) is 5.10 Å². The third-order valence-electron chi connectivity index (χ3n) is 2.70. The topological polar surface area (TPSA) is 37.8 Å². The summed E-state index contributed by atoms with van der Waals surface area (Å²) in [5.74, 6) is 0.834. The molecule has 0 radical (unpaired) electrons. The maximum absolute atomic E-state index is 4.08. The van der Waals surface area contributed by atoms with Crippen LogP contribution in [0, 0.1) is 20.8 Å². The molecule has 2 aromatic heterocycles. The second kappa shape index (κ2) is 4.84. The molecule has 0 aliphatic heterocycles. The molecular weight excluding hydrogens is 230 g/mol. The van der Waals surface area contributed by atoms with Gasteiger partial charge in [-0.1, -0.05) is 0 Å². The van der Waals surface area contributed by atoms with E-state index < -0.39 is 0 Å². The maximum atomic E-state index is 4.08. The number of thiophene rings is 1. The minimum Gasteiger partial charge on any atom is -0.362 e. The van der Waals surface area contributed by atoms with Gasteiger partial charge < -0.3 is 5.32 Å². The lowest BCUT2D eigenvalue weighted by Gasteiger charge is -2.14. The van der Waals surface area contributed by atoms with Gasteiger partial charge in [-0.05, 0) is 51.0 Å². The zero-order valence-corrected chi connectivity index (χ0v) is 11.4. The molecule has 0 bridgehead atoms. The molecule has 0 fully saturated rings. The van der Waals surface area contributed by atoms with E-state index in [0.29, 0.717) is 0 Å². The van der Waals surface area contributed by atoms with Gasteiger partial charge in [0.1, 0.15) is 5.82 Å². The summed E-state index contributed by atoms with van der Waals surface area (Å²) in [6.45, 7) is 8.47. The Morgan fingerprint density at radius 1 is 1.24 bits per heavy atom. The Kier molecular flexibility index (Phi) is 3.43. The molecule has 0 amide bonds. The normalized spacial score (nSPS) is 12.5. The number of hydrogen-bond acceptors (Lipinski definition) is 4. The van der Waals surface area contributed by atoms with Crippen LogP contribution in [0.1, 0.15) is 33.8 Å². The molecule has 1 unspecified atom stereocenters. The molecule has 1 atom stereocenters. The second-order valence-electron chi connectivity index (χ2n) is 4.35. The number of hydrogen-bond donors (Lipinski definition) is 1. The zero-order chi connectivity index (χ0) is 12.4. The van der Waals surface area contributed by atoms with Crippen LogP contribution in [0.5, 0.6) is 0 Å². The lowest BCUT2D eigenvalue weighted by Crippen LogP contribution is -2.08. The molecule has 0 saturated heterocycles. The van der Waals surface area contributed by atoms with E-state index >= 15 is 0 Å². The summed E-state index contributed by atoms with van der Waals surface area (Å²) < 4.78 is 0. The van der Waals surface area contributed by atoms with Crippen LogP contribution in [0.15, 0.2) is 18.3 Å². The molecule has 0 aliphatic carbocycles. The van der Waals surface area contributed by atoms with E-state index in [1.807, 2.05) is 24.3 Å². The second-order valence-corrected chi connectivity index (χ2v) is 5.81. The smallest absolute Gasteiger partial charge is 0.149 e. The summed E-state index contributed by atoms with van der Waals surface area (Å²) in [5, 5.41) is 11.4. The van der Waals surface area contributed by atoms with Crippen molar-refractivity contribution in [2.24, 2.45) is 0 Å². The predicted molar refractivity (Wildman–Crippen MR) is 72.6 cm³/mol. The lowest BCUT2D eigenvalue weighted by atomic mass is 10.1. The molecule has 90 valence electrons. The van der Waals surface area contributed by atoms with Crippen molar-refractivity contribution >= 4 is 17.2 Å². The van der Waals surface area contributed by atoms with Gasteiger partial charge in [-0.25, -0.2) is 0 Å². The summed E-state index contributed by atoms with van der Waals surface area (Å²) in [6.07, 6.45) is 1.76. The maximum Gasteiger partial charge on any atom is 0.149 e. The van der Waals surface area contributed by atoms with Crippen molar-refractivity contribution < 1.29 is 0 Å². The molecule has 2 aromatic rings. The SMILES string of the molecule is Cc1cnnc(NC(C)c2cc(C)sc2C)c1. The van der Waals surface area contributed by atoms with Crippen molar-refractivity contribution in [2.75, 3.05) is 5.32 Å². The van der Waals surface area contributed by atoms with Crippen molar-refractivity contribution in [3.63, 3.8) is 0 Å². The van der Waals surface area contributed by atoms with Crippen molar-refractivity contribution in [1.29, 1.82) is 0 Å². The van der Waals surface area contributed by atoms with Gasteiger partial charge in [0, 0.05) is 9.75 Å². The summed E-state index contributed by atoms with van der Waals surface area (Å²) in [4.78, 5) is 2.71. The number of anilines is 1. The molecule has 0 spiro atoms. The van der Waals surface area contributed by atoms with Gasteiger partial charge in [-0.15, -0.1) is 16.4 Å². The number of aromatic nitrogens is 2. The van der Waals surface area contributed by atoms with Gasteiger partial charge in [0.15, 0.2) is 0 Å². The van der Waals surface area contributed by atoms with Crippen LogP contribution in [0.4, 0.5) is 5.82 Å². The molecule has 0 aromatic carbocycles. The Hall–Kier alpha value is -1.42. The number of rotatable bonds is 3. The van der Waals surface area contributed by atoms with Crippen LogP contribution in [0.25, 0.3) is 0 Å². The van der Waals surface area contributed by atoms with Crippen LogP contribution in [0.3, 0.4) is 0 Å². The van der Waals surface area contributed by atoms with Crippen LogP contribution in [0.2, 0.25) is 0 Å². The molecule has 1 N–H and O–H groups in total. The van der Waals surface area contributed by atoms with Gasteiger partial charge in [0.2, 0.25) is 0 Å². The Bertz CT molecular complexity index is 519. The first-order chi connectivity index (χ1) is 8.06. The van der Waals surface area contributed by atoms with Gasteiger partial charge in [-0.3, -0.25) is 0 Å². The van der Waals surface area contributed by atoms with Crippen molar-refractivity contribution in [3.8, 4) is 0 Å². The summed E-state index contributed by atoms with van der Waals surface area (Å²) in [7, 11) is 0. The van der Waals surface area contributed by atoms with Crippen LogP contribution >= 0.6 is 11.3 Å². The molecule has 3 nitrogen and oxygen atoms in total. The minimum atomic E-state index is 0.260. The highest BCUT2D eigenvalue weighted by Gasteiger charge is 2.11. The van der Waals surface area contributed by atoms with E-state index in [9.17, 15) is 0 Å². The van der Waals surface area contributed by atoms with Gasteiger partial charge in [0.05, 0.1) is 12.2 Å². The largest absolute Gasteiger partial charge is 0.362 e. The van der Waals surface area contributed by atoms with Crippen molar-refractivity contribution in [2.45, 2.75) is 33.7 Å². The van der Waals surface area contributed by atoms with E-state index in [0.717, 1.165) is 11.4 Å². The summed E-state index contributed by atoms with van der Waals surface area (Å²) in [5.41, 5.74) is 2.46. The predicted octanol–water partition coefficient (Wildman–Crippen LogP) is 3.64. The summed E-state index contributed by atoms with van der Waals surface area (Å²) >= 11 is 1.84. The van der Waals surface area contributed by atoms with Crippen molar-refractivity contribution in [1.82, 2.24) is 10.2 Å². The van der Waals surface area contributed by atoms with E-state index in [2.05, 4.69) is 42.4 Å². The van der Waals surface area contributed by atoms with Crippen LogP contribution in [-0.2, 0) is 0 Å². The lowest BCUT2D eigenvalue weighted by molar-refractivity contribution is 0.856. The Morgan fingerprint density at radius 2 is 2.00 bits per heavy atom. The van der Waals surface area contributed by atoms with Gasteiger partial charge in [0.25, 0.3) is 0 Å². The van der Waals surface area contributed by atoms with E-state index in [1.54, 1.807) is 6.20 Å². The molecule has 0 aliphatic rings. The number of nitrogens with zero attached hydrogens (tertiary/aromatic N) is 2. The summed E-state index contributed by atoms with van der Waals surface area (Å²) in [6, 6.07) is 4.51. The molecule has 0 saturated carbocycles. The minimum absolute atomic E-state index is 0.260. The average molecular weight is 247 g/mol. The van der Waals surface area contributed by atoms with Crippen LogP contribution in [-0.4, -0.2) is 10.2 Å². The van der Waals surface area contributed by atoms with E-state index in [4.69, 9.17) is 0 Å². The van der Waals surface area contributed by atoms with Gasteiger partial charge >= 0.3 is 0 Å². The molecule has 2 rings (SSSR count). The monoisotopic (exact) mass is 247 g/mol. The average Bonchev–Trinajstić information content (AvgIpc) is 2.58. The standard InChI is InChI=1S/C13H17N3S/c1-8-5-13(16-14-7-8)15-10(3)12-6-9(2)17-11(12)4/h5-7,10H,1-4H3,(H,15,16). The fraction of sp³-hybridized carbons (Fsp3) is 0.385. The van der Waals surface area contributed by atoms with Crippen molar-refractivity contribution in [3.05, 3.63) is 39.2 Å². The quantitative estimate of drug-likeness (QED) is 0.900. The zero-order valence-electron chi connectivity index (χ0n) is 10.6. The highest BCUT2D eigenvalue weighted by atomic mass is 32.1. The molecule has 2 heterocycles. The van der Waals surface area contributed by atoms with Crippen LogP contribution < -0.4 is 5.32 Å². The molecule has 4 heteroatoms. The van der Waals surface area contributed by atoms with E-state index in [-0.39, 0.29) is 6.04 Å². The molecule has 17 heavy (non-hydrogen) atoms. The fourth-order valence-corrected chi connectivity index (χ4v) is 2.94. The Morgan fingerprint density at radius 3 is 2.59 bits per heavy atom. The van der Waals surface area contributed by atoms with E-state index in [1.165, 1.54) is 15.3 Å². The Balaban J connectivity index is 2.16. The molecular formula is C13H17N3S. The highest BCUT2D eigenvalue weighted by molar-refractivity contribution is 7.12. The first-order valence-corrected chi connectivity index (χ1v) is 6.50. The number of aryl methyl sites for hydroxylation is 3. The Labute approximate surface area is 106 Å². The fourth-order valence-electron chi connectivity index (χ4n) is 1.91. The first-order valence-electron chi connectivity index (χ1n) is 5.69. The highest BCUT2D eigenvalue weighted by Crippen LogP contribution is 2.28. The first kappa shape index (κ1) is 12.0. The third-order valence-corrected chi connectivity index (χ3v) is 3.68.